The first-order chi connectivity index (χ1) is 10.2. The molecular weight excluding hydrogens is 282 g/mol. The third-order valence-corrected chi connectivity index (χ3v) is 4.65. The molecular formula is C17H19NO2S. The number of rotatable bonds is 4. The van der Waals surface area contributed by atoms with Crippen molar-refractivity contribution in [3.8, 4) is 0 Å². The molecule has 1 saturated heterocycles. The largest absolute Gasteiger partial charge is 0.399 e. The van der Waals surface area contributed by atoms with Crippen molar-refractivity contribution in [2.75, 3.05) is 18.1 Å². The molecule has 21 heavy (non-hydrogen) atoms. The summed E-state index contributed by atoms with van der Waals surface area (Å²) in [7, 11) is 0. The lowest BCUT2D eigenvalue weighted by molar-refractivity contribution is -0.159. The number of anilines is 1. The van der Waals surface area contributed by atoms with Gasteiger partial charge in [-0.15, -0.1) is 11.8 Å². The average Bonchev–Trinajstić information content (AvgIpc) is 2.89. The van der Waals surface area contributed by atoms with Crippen molar-refractivity contribution in [3.63, 3.8) is 0 Å². The lowest BCUT2D eigenvalue weighted by atomic mass is 10.1. The Morgan fingerprint density at radius 3 is 2.76 bits per heavy atom. The van der Waals surface area contributed by atoms with Crippen LogP contribution in [0.15, 0.2) is 59.5 Å². The number of thioether (sulfide) groups is 1. The Bertz CT molecular complexity index is 605. The summed E-state index contributed by atoms with van der Waals surface area (Å²) >= 11 is 1.74. The second kappa shape index (κ2) is 6.10. The fourth-order valence-electron chi connectivity index (χ4n) is 2.41. The van der Waals surface area contributed by atoms with E-state index in [0.717, 1.165) is 21.9 Å². The van der Waals surface area contributed by atoms with Crippen molar-refractivity contribution in [1.82, 2.24) is 0 Å². The van der Waals surface area contributed by atoms with Crippen LogP contribution >= 0.6 is 11.8 Å². The standard InChI is InChI=1S/C17H19NO2S/c1-17(13-6-3-2-4-7-13)19-11-15(20-17)12-21-16-9-5-8-14(18)10-16/h2-10,15H,11-12,18H2,1H3. The Balaban J connectivity index is 1.60. The number of nitrogen functional groups attached to an aromatic ring is 1. The first kappa shape index (κ1) is 14.4. The fourth-order valence-corrected chi connectivity index (χ4v) is 3.34. The summed E-state index contributed by atoms with van der Waals surface area (Å²) in [6.07, 6.45) is 0.0848. The molecule has 0 aliphatic carbocycles. The molecule has 1 aliphatic rings. The molecule has 1 heterocycles. The van der Waals surface area contributed by atoms with E-state index >= 15 is 0 Å². The molecule has 2 aromatic rings. The van der Waals surface area contributed by atoms with Crippen LogP contribution in [0.5, 0.6) is 0 Å². The fraction of sp³-hybridized carbons (Fsp3) is 0.294. The van der Waals surface area contributed by atoms with Crippen LogP contribution in [0.25, 0.3) is 0 Å². The molecule has 0 spiro atoms. The van der Waals surface area contributed by atoms with Crippen LogP contribution in [0.3, 0.4) is 0 Å². The predicted molar refractivity (Wildman–Crippen MR) is 86.2 cm³/mol. The predicted octanol–water partition coefficient (Wildman–Crippen LogP) is 3.65. The Morgan fingerprint density at radius 1 is 1.19 bits per heavy atom. The van der Waals surface area contributed by atoms with Gasteiger partial charge in [-0.3, -0.25) is 0 Å². The highest BCUT2D eigenvalue weighted by atomic mass is 32.2. The molecule has 110 valence electrons. The van der Waals surface area contributed by atoms with Gasteiger partial charge < -0.3 is 15.2 Å². The maximum absolute atomic E-state index is 6.11. The lowest BCUT2D eigenvalue weighted by Crippen LogP contribution is -2.24. The number of benzene rings is 2. The molecule has 2 atom stereocenters. The summed E-state index contributed by atoms with van der Waals surface area (Å²) < 4.78 is 12.0. The molecule has 3 nitrogen and oxygen atoms in total. The number of nitrogens with two attached hydrogens (primary N) is 1. The van der Waals surface area contributed by atoms with Crippen molar-refractivity contribution < 1.29 is 9.47 Å². The van der Waals surface area contributed by atoms with E-state index in [0.29, 0.717) is 6.61 Å². The Hall–Kier alpha value is -1.49. The SMILES string of the molecule is CC1(c2ccccc2)OCC(CSc2cccc(N)c2)O1. The van der Waals surface area contributed by atoms with E-state index in [9.17, 15) is 0 Å². The van der Waals surface area contributed by atoms with Gasteiger partial charge in [0, 0.05) is 21.9 Å². The van der Waals surface area contributed by atoms with Crippen LogP contribution in [0.4, 0.5) is 5.69 Å². The molecule has 4 heteroatoms. The third-order valence-electron chi connectivity index (χ3n) is 3.53. The summed E-state index contributed by atoms with van der Waals surface area (Å²) in [6.45, 7) is 2.59. The first-order valence-electron chi connectivity index (χ1n) is 7.01. The highest BCUT2D eigenvalue weighted by Gasteiger charge is 2.38. The van der Waals surface area contributed by atoms with Crippen molar-refractivity contribution in [3.05, 3.63) is 60.2 Å². The van der Waals surface area contributed by atoms with Crippen LogP contribution in [-0.2, 0) is 15.3 Å². The van der Waals surface area contributed by atoms with Gasteiger partial charge in [-0.1, -0.05) is 36.4 Å². The van der Waals surface area contributed by atoms with Crippen molar-refractivity contribution >= 4 is 17.4 Å². The van der Waals surface area contributed by atoms with Crippen LogP contribution in [-0.4, -0.2) is 18.5 Å². The Kier molecular flexibility index (Phi) is 4.19. The summed E-state index contributed by atoms with van der Waals surface area (Å²) in [5, 5.41) is 0. The van der Waals surface area contributed by atoms with Crippen LogP contribution in [0.2, 0.25) is 0 Å². The summed E-state index contributed by atoms with van der Waals surface area (Å²) in [5.74, 6) is 0.216. The van der Waals surface area contributed by atoms with E-state index < -0.39 is 5.79 Å². The first-order valence-corrected chi connectivity index (χ1v) is 8.00. The summed E-state index contributed by atoms with van der Waals surface area (Å²) in [5.41, 5.74) is 7.64. The van der Waals surface area contributed by atoms with Gasteiger partial charge in [-0.2, -0.15) is 0 Å². The molecule has 0 radical (unpaired) electrons. The topological polar surface area (TPSA) is 44.5 Å². The molecule has 0 aromatic heterocycles. The zero-order valence-electron chi connectivity index (χ0n) is 12.0. The van der Waals surface area contributed by atoms with E-state index in [4.69, 9.17) is 15.2 Å². The van der Waals surface area contributed by atoms with Gasteiger partial charge in [-0.05, 0) is 25.1 Å². The van der Waals surface area contributed by atoms with Crippen LogP contribution in [0.1, 0.15) is 12.5 Å². The molecule has 0 amide bonds. The molecule has 3 rings (SSSR count). The molecule has 0 bridgehead atoms. The van der Waals surface area contributed by atoms with E-state index in [1.165, 1.54) is 0 Å². The number of ether oxygens (including phenoxy) is 2. The van der Waals surface area contributed by atoms with Gasteiger partial charge in [-0.25, -0.2) is 0 Å². The van der Waals surface area contributed by atoms with E-state index in [1.54, 1.807) is 11.8 Å². The minimum absolute atomic E-state index is 0.0848. The maximum Gasteiger partial charge on any atom is 0.192 e. The summed E-state index contributed by atoms with van der Waals surface area (Å²) in [6, 6.07) is 18.0. The van der Waals surface area contributed by atoms with E-state index in [2.05, 4.69) is 6.07 Å². The molecule has 1 aliphatic heterocycles. The van der Waals surface area contributed by atoms with Crippen molar-refractivity contribution in [2.24, 2.45) is 0 Å². The van der Waals surface area contributed by atoms with Gasteiger partial charge in [0.25, 0.3) is 0 Å². The van der Waals surface area contributed by atoms with Gasteiger partial charge >= 0.3 is 0 Å². The van der Waals surface area contributed by atoms with Crippen molar-refractivity contribution in [1.29, 1.82) is 0 Å². The zero-order valence-corrected chi connectivity index (χ0v) is 12.8. The highest BCUT2D eigenvalue weighted by molar-refractivity contribution is 7.99. The Labute approximate surface area is 129 Å². The second-order valence-electron chi connectivity index (χ2n) is 5.25. The van der Waals surface area contributed by atoms with Crippen LogP contribution < -0.4 is 5.73 Å². The molecule has 1 fully saturated rings. The normalized spacial score (nSPS) is 25.1. The van der Waals surface area contributed by atoms with Crippen LogP contribution in [0, 0.1) is 0 Å². The molecule has 2 unspecified atom stereocenters. The number of hydrogen-bond acceptors (Lipinski definition) is 4. The average molecular weight is 301 g/mol. The van der Waals surface area contributed by atoms with E-state index in [1.807, 2.05) is 55.5 Å². The molecule has 2 aromatic carbocycles. The second-order valence-corrected chi connectivity index (χ2v) is 6.34. The van der Waals surface area contributed by atoms with E-state index in [-0.39, 0.29) is 6.10 Å². The van der Waals surface area contributed by atoms with Crippen molar-refractivity contribution in [2.45, 2.75) is 23.7 Å². The third kappa shape index (κ3) is 3.40. The zero-order chi connectivity index (χ0) is 14.7. The monoisotopic (exact) mass is 301 g/mol. The minimum atomic E-state index is -0.637. The van der Waals surface area contributed by atoms with Gasteiger partial charge in [0.2, 0.25) is 0 Å². The molecule has 0 saturated carbocycles. The highest BCUT2D eigenvalue weighted by Crippen LogP contribution is 2.35. The quantitative estimate of drug-likeness (QED) is 0.691. The van der Waals surface area contributed by atoms with Gasteiger partial charge in [0.05, 0.1) is 12.7 Å². The smallest absolute Gasteiger partial charge is 0.192 e. The molecule has 2 N–H and O–H groups in total. The summed E-state index contributed by atoms with van der Waals surface area (Å²) in [4.78, 5) is 1.16. The lowest BCUT2D eigenvalue weighted by Gasteiger charge is -2.23. The minimum Gasteiger partial charge on any atom is -0.399 e. The van der Waals surface area contributed by atoms with Gasteiger partial charge in [0.15, 0.2) is 5.79 Å². The van der Waals surface area contributed by atoms with Gasteiger partial charge in [0.1, 0.15) is 0 Å². The maximum atomic E-state index is 6.11. The Morgan fingerprint density at radius 2 is 2.00 bits per heavy atom. The number of hydrogen-bond donors (Lipinski definition) is 1.